The van der Waals surface area contributed by atoms with E-state index in [9.17, 15) is 8.42 Å². The van der Waals surface area contributed by atoms with Gasteiger partial charge in [0, 0.05) is 31.2 Å². The standard InChI is InChI=1S/C17H24ClN5O3S.HI/c1-12(2)16-10-14(26-23-16)11-21-17(19-3)20-7-8-22-27(24,25)15-6-4-5-13(18)9-15;/h4-6,9-10,12,22H,7-8,11H2,1-3H3,(H2,19,20,21);1H. The summed E-state index contributed by atoms with van der Waals surface area (Å²) in [6.07, 6.45) is 0. The normalized spacial score (nSPS) is 12.0. The average molecular weight is 542 g/mol. The third kappa shape index (κ3) is 7.57. The molecule has 0 saturated carbocycles. The first kappa shape index (κ1) is 24.7. The second-order valence-corrected chi connectivity index (χ2v) is 8.28. The number of benzene rings is 1. The van der Waals surface area contributed by atoms with Crippen LogP contribution < -0.4 is 15.4 Å². The summed E-state index contributed by atoms with van der Waals surface area (Å²) < 4.78 is 32.2. The summed E-state index contributed by atoms with van der Waals surface area (Å²) in [6.45, 7) is 5.05. The van der Waals surface area contributed by atoms with Gasteiger partial charge in [-0.1, -0.05) is 36.7 Å². The molecule has 8 nitrogen and oxygen atoms in total. The number of guanidine groups is 1. The molecule has 0 spiro atoms. The van der Waals surface area contributed by atoms with E-state index >= 15 is 0 Å². The molecule has 0 saturated heterocycles. The van der Waals surface area contributed by atoms with Crippen LogP contribution in [0, 0.1) is 0 Å². The van der Waals surface area contributed by atoms with Crippen LogP contribution in [-0.2, 0) is 16.6 Å². The number of aromatic nitrogens is 1. The molecule has 0 atom stereocenters. The zero-order valence-electron chi connectivity index (χ0n) is 15.9. The van der Waals surface area contributed by atoms with Crippen molar-refractivity contribution in [2.75, 3.05) is 20.1 Å². The van der Waals surface area contributed by atoms with Crippen molar-refractivity contribution in [3.63, 3.8) is 0 Å². The van der Waals surface area contributed by atoms with E-state index in [1.165, 1.54) is 12.1 Å². The Hall–Kier alpha value is -1.37. The van der Waals surface area contributed by atoms with E-state index < -0.39 is 10.0 Å². The van der Waals surface area contributed by atoms with Gasteiger partial charge in [0.2, 0.25) is 10.0 Å². The SMILES string of the molecule is CN=C(NCCNS(=O)(=O)c1cccc(Cl)c1)NCc1cc(C(C)C)no1.I. The van der Waals surface area contributed by atoms with Crippen molar-refractivity contribution in [1.82, 2.24) is 20.5 Å². The van der Waals surface area contributed by atoms with Crippen LogP contribution in [0.4, 0.5) is 0 Å². The first-order valence-electron chi connectivity index (χ1n) is 8.47. The van der Waals surface area contributed by atoms with Crippen LogP contribution in [0.1, 0.15) is 31.2 Å². The van der Waals surface area contributed by atoms with Gasteiger partial charge in [-0.3, -0.25) is 4.99 Å². The Morgan fingerprint density at radius 1 is 1.25 bits per heavy atom. The van der Waals surface area contributed by atoms with E-state index in [0.717, 1.165) is 5.69 Å². The lowest BCUT2D eigenvalue weighted by Crippen LogP contribution is -2.41. The molecule has 1 aromatic carbocycles. The van der Waals surface area contributed by atoms with E-state index in [1.807, 2.05) is 19.9 Å². The highest BCUT2D eigenvalue weighted by molar-refractivity contribution is 14.0. The quantitative estimate of drug-likeness (QED) is 0.205. The lowest BCUT2D eigenvalue weighted by atomic mass is 10.1. The van der Waals surface area contributed by atoms with E-state index in [2.05, 4.69) is 25.5 Å². The summed E-state index contributed by atoms with van der Waals surface area (Å²) in [5, 5.41) is 10.5. The smallest absolute Gasteiger partial charge is 0.240 e. The van der Waals surface area contributed by atoms with Crippen LogP contribution in [0.25, 0.3) is 0 Å². The number of hydrogen-bond donors (Lipinski definition) is 3. The van der Waals surface area contributed by atoms with Crippen LogP contribution in [0.5, 0.6) is 0 Å². The molecule has 0 fully saturated rings. The van der Waals surface area contributed by atoms with Gasteiger partial charge < -0.3 is 15.2 Å². The topological polar surface area (TPSA) is 109 Å². The van der Waals surface area contributed by atoms with Crippen molar-refractivity contribution in [3.05, 3.63) is 46.8 Å². The number of hydrogen-bond acceptors (Lipinski definition) is 5. The van der Waals surface area contributed by atoms with Crippen molar-refractivity contribution < 1.29 is 12.9 Å². The van der Waals surface area contributed by atoms with E-state index in [1.54, 1.807) is 19.2 Å². The lowest BCUT2D eigenvalue weighted by Gasteiger charge is -2.11. The Bertz CT molecular complexity index is 886. The molecule has 156 valence electrons. The maximum atomic E-state index is 12.2. The Labute approximate surface area is 187 Å². The predicted octanol–water partition coefficient (Wildman–Crippen LogP) is 2.71. The molecule has 2 aromatic rings. The summed E-state index contributed by atoms with van der Waals surface area (Å²) in [4.78, 5) is 4.21. The summed E-state index contributed by atoms with van der Waals surface area (Å²) in [5.74, 6) is 1.52. The summed E-state index contributed by atoms with van der Waals surface area (Å²) in [6, 6.07) is 8.00. The second kappa shape index (κ2) is 11.6. The molecular weight excluding hydrogens is 517 g/mol. The first-order chi connectivity index (χ1) is 12.8. The molecule has 0 amide bonds. The van der Waals surface area contributed by atoms with Crippen LogP contribution in [0.15, 0.2) is 44.7 Å². The van der Waals surface area contributed by atoms with E-state index in [-0.39, 0.29) is 35.4 Å². The Balaban J connectivity index is 0.00000392. The van der Waals surface area contributed by atoms with Crippen LogP contribution >= 0.6 is 35.6 Å². The van der Waals surface area contributed by atoms with Gasteiger partial charge in [0.15, 0.2) is 11.7 Å². The molecule has 0 aliphatic carbocycles. The van der Waals surface area contributed by atoms with Gasteiger partial charge in [0.25, 0.3) is 0 Å². The van der Waals surface area contributed by atoms with Gasteiger partial charge in [-0.2, -0.15) is 0 Å². The van der Waals surface area contributed by atoms with Crippen molar-refractivity contribution in [1.29, 1.82) is 0 Å². The number of sulfonamides is 1. The third-order valence-electron chi connectivity index (χ3n) is 3.64. The van der Waals surface area contributed by atoms with E-state index in [4.69, 9.17) is 16.1 Å². The second-order valence-electron chi connectivity index (χ2n) is 6.08. The summed E-state index contributed by atoms with van der Waals surface area (Å²) >= 11 is 5.84. The highest BCUT2D eigenvalue weighted by Crippen LogP contribution is 2.15. The largest absolute Gasteiger partial charge is 0.359 e. The maximum absolute atomic E-state index is 12.2. The van der Waals surface area contributed by atoms with Crippen molar-refractivity contribution in [2.24, 2.45) is 4.99 Å². The number of nitrogens with one attached hydrogen (secondary N) is 3. The fourth-order valence-electron chi connectivity index (χ4n) is 2.16. The molecule has 0 unspecified atom stereocenters. The van der Waals surface area contributed by atoms with Crippen molar-refractivity contribution in [2.45, 2.75) is 31.2 Å². The molecule has 3 N–H and O–H groups in total. The van der Waals surface area contributed by atoms with Gasteiger partial charge in [0.05, 0.1) is 17.1 Å². The molecule has 2 rings (SSSR count). The molecule has 1 aromatic heterocycles. The Morgan fingerprint density at radius 2 is 2.00 bits per heavy atom. The zero-order chi connectivity index (χ0) is 19.9. The number of nitrogens with zero attached hydrogens (tertiary/aromatic N) is 2. The van der Waals surface area contributed by atoms with Gasteiger partial charge in [-0.05, 0) is 24.1 Å². The predicted molar refractivity (Wildman–Crippen MR) is 121 cm³/mol. The number of rotatable bonds is 8. The maximum Gasteiger partial charge on any atom is 0.240 e. The summed E-state index contributed by atoms with van der Waals surface area (Å²) in [7, 11) is -1.98. The number of aliphatic imine (C=N–C) groups is 1. The third-order valence-corrected chi connectivity index (χ3v) is 5.33. The molecule has 1 heterocycles. The van der Waals surface area contributed by atoms with Gasteiger partial charge >= 0.3 is 0 Å². The molecular formula is C17H25ClIN5O3S. The van der Waals surface area contributed by atoms with Gasteiger partial charge in [0.1, 0.15) is 0 Å². The van der Waals surface area contributed by atoms with Gasteiger partial charge in [-0.15, -0.1) is 24.0 Å². The molecule has 0 aliphatic rings. The molecule has 0 radical (unpaired) electrons. The Kier molecular flexibility index (Phi) is 10.2. The first-order valence-corrected chi connectivity index (χ1v) is 10.3. The highest BCUT2D eigenvalue weighted by Gasteiger charge is 2.13. The van der Waals surface area contributed by atoms with Gasteiger partial charge in [-0.25, -0.2) is 13.1 Å². The number of halogens is 2. The zero-order valence-corrected chi connectivity index (χ0v) is 19.8. The fourth-order valence-corrected chi connectivity index (χ4v) is 3.49. The van der Waals surface area contributed by atoms with Crippen molar-refractivity contribution >= 4 is 51.6 Å². The minimum absolute atomic E-state index is 0. The van der Waals surface area contributed by atoms with Crippen LogP contribution in [0.2, 0.25) is 5.02 Å². The fraction of sp³-hybridized carbons (Fsp3) is 0.412. The van der Waals surface area contributed by atoms with Crippen molar-refractivity contribution in [3.8, 4) is 0 Å². The molecule has 0 aliphatic heterocycles. The minimum atomic E-state index is -3.61. The van der Waals surface area contributed by atoms with Crippen LogP contribution in [0.3, 0.4) is 0 Å². The minimum Gasteiger partial charge on any atom is -0.359 e. The lowest BCUT2D eigenvalue weighted by molar-refractivity contribution is 0.372. The monoisotopic (exact) mass is 541 g/mol. The Morgan fingerprint density at radius 3 is 2.61 bits per heavy atom. The highest BCUT2D eigenvalue weighted by atomic mass is 127. The molecule has 28 heavy (non-hydrogen) atoms. The molecule has 11 heteroatoms. The van der Waals surface area contributed by atoms with E-state index in [0.29, 0.717) is 35.7 Å². The van der Waals surface area contributed by atoms with Crippen LogP contribution in [-0.4, -0.2) is 39.7 Å². The molecule has 0 bridgehead atoms. The average Bonchev–Trinajstić information content (AvgIpc) is 3.10. The summed E-state index contributed by atoms with van der Waals surface area (Å²) in [5.41, 5.74) is 0.894.